The predicted octanol–water partition coefficient (Wildman–Crippen LogP) is 6.44. The molecule has 1 aliphatic heterocycles. The van der Waals surface area contributed by atoms with E-state index in [0.29, 0.717) is 17.3 Å². The van der Waals surface area contributed by atoms with E-state index < -0.39 is 0 Å². The summed E-state index contributed by atoms with van der Waals surface area (Å²) >= 11 is 0. The lowest BCUT2D eigenvalue weighted by molar-refractivity contribution is 0.376. The molecule has 0 saturated carbocycles. The van der Waals surface area contributed by atoms with Crippen molar-refractivity contribution in [1.29, 1.82) is 5.26 Å². The summed E-state index contributed by atoms with van der Waals surface area (Å²) in [7, 11) is 0. The minimum absolute atomic E-state index is 0.151. The molecule has 0 amide bonds. The average Bonchev–Trinajstić information content (AvgIpc) is 3.13. The fourth-order valence-electron chi connectivity index (χ4n) is 4.84. The van der Waals surface area contributed by atoms with Gasteiger partial charge in [0, 0.05) is 17.8 Å². The summed E-state index contributed by atoms with van der Waals surface area (Å²) in [6.45, 7) is 12.4. The molecule has 0 aliphatic carbocycles. The smallest absolute Gasteiger partial charge is 0.149 e. The summed E-state index contributed by atoms with van der Waals surface area (Å²) in [6, 6.07) is 14.8. The monoisotopic (exact) mass is 398 g/mol. The Labute approximate surface area is 179 Å². The van der Waals surface area contributed by atoms with Crippen LogP contribution in [0, 0.1) is 18.3 Å². The van der Waals surface area contributed by atoms with Crippen LogP contribution in [0.2, 0.25) is 0 Å². The molecule has 0 spiro atoms. The van der Waals surface area contributed by atoms with Crippen LogP contribution >= 0.6 is 0 Å². The minimum Gasteiger partial charge on any atom is -0.366 e. The van der Waals surface area contributed by atoms with E-state index in [1.165, 1.54) is 16.8 Å². The highest BCUT2D eigenvalue weighted by atomic mass is 15.2. The van der Waals surface area contributed by atoms with Crippen molar-refractivity contribution >= 4 is 28.4 Å². The van der Waals surface area contributed by atoms with Gasteiger partial charge < -0.3 is 9.88 Å². The third-order valence-corrected chi connectivity index (χ3v) is 6.29. The van der Waals surface area contributed by atoms with Crippen LogP contribution in [0.3, 0.4) is 0 Å². The van der Waals surface area contributed by atoms with Crippen LogP contribution in [-0.4, -0.2) is 22.1 Å². The first kappa shape index (κ1) is 20.2. The average molecular weight is 399 g/mol. The normalized spacial score (nSPS) is 18.3. The van der Waals surface area contributed by atoms with Crippen LogP contribution in [0.25, 0.3) is 22.7 Å². The SMILES string of the molecule is CCCN1c2cc(C)c(/C=C(\C#N)c3nc4ccccc4[nH]3)cc2C(C)CC1(C)C. The summed E-state index contributed by atoms with van der Waals surface area (Å²) < 4.78 is 0. The minimum atomic E-state index is 0.151. The molecule has 2 aromatic carbocycles. The van der Waals surface area contributed by atoms with Gasteiger partial charge in [0.05, 0.1) is 16.6 Å². The second kappa shape index (κ2) is 7.65. The molecule has 0 fully saturated rings. The summed E-state index contributed by atoms with van der Waals surface area (Å²) in [6.07, 6.45) is 4.23. The Bertz CT molecular complexity index is 1130. The molecule has 1 unspecified atom stereocenters. The fraction of sp³-hybridized carbons (Fsp3) is 0.385. The van der Waals surface area contributed by atoms with E-state index in [9.17, 15) is 5.26 Å². The van der Waals surface area contributed by atoms with Gasteiger partial charge >= 0.3 is 0 Å². The van der Waals surface area contributed by atoms with E-state index in [4.69, 9.17) is 0 Å². The lowest BCUT2D eigenvalue weighted by Crippen LogP contribution is -2.48. The van der Waals surface area contributed by atoms with E-state index >= 15 is 0 Å². The van der Waals surface area contributed by atoms with Crippen LogP contribution in [-0.2, 0) is 0 Å². The van der Waals surface area contributed by atoms with E-state index in [2.05, 4.69) is 67.7 Å². The molecule has 0 bridgehead atoms. The molecule has 1 atom stereocenters. The topological polar surface area (TPSA) is 55.7 Å². The van der Waals surface area contributed by atoms with E-state index in [1.54, 1.807) is 0 Å². The zero-order valence-corrected chi connectivity index (χ0v) is 18.6. The maximum absolute atomic E-state index is 9.84. The Morgan fingerprint density at radius 2 is 2.10 bits per heavy atom. The van der Waals surface area contributed by atoms with Crippen molar-refractivity contribution in [3.8, 4) is 6.07 Å². The van der Waals surface area contributed by atoms with Gasteiger partial charge in [0.1, 0.15) is 11.9 Å². The largest absolute Gasteiger partial charge is 0.366 e. The van der Waals surface area contributed by atoms with Gasteiger partial charge in [0.15, 0.2) is 0 Å². The number of benzene rings is 2. The molecule has 0 saturated heterocycles. The number of hydrogen-bond donors (Lipinski definition) is 1. The quantitative estimate of drug-likeness (QED) is 0.515. The molecule has 30 heavy (non-hydrogen) atoms. The van der Waals surface area contributed by atoms with Crippen molar-refractivity contribution < 1.29 is 0 Å². The van der Waals surface area contributed by atoms with Crippen molar-refractivity contribution in [2.75, 3.05) is 11.4 Å². The van der Waals surface area contributed by atoms with Gasteiger partial charge in [-0.15, -0.1) is 0 Å². The Morgan fingerprint density at radius 3 is 2.80 bits per heavy atom. The first-order valence-corrected chi connectivity index (χ1v) is 10.8. The first-order valence-electron chi connectivity index (χ1n) is 10.8. The molecular formula is C26H30N4. The highest BCUT2D eigenvalue weighted by Gasteiger charge is 2.36. The molecule has 0 radical (unpaired) electrons. The summed E-state index contributed by atoms with van der Waals surface area (Å²) in [5.74, 6) is 1.10. The number of imidazole rings is 1. The molecule has 3 aromatic rings. The molecule has 1 aromatic heterocycles. The van der Waals surface area contributed by atoms with Gasteiger partial charge in [-0.2, -0.15) is 5.26 Å². The second-order valence-corrected chi connectivity index (χ2v) is 9.11. The summed E-state index contributed by atoms with van der Waals surface area (Å²) in [5.41, 5.74) is 7.53. The van der Waals surface area contributed by atoms with E-state index in [-0.39, 0.29) is 5.54 Å². The highest BCUT2D eigenvalue weighted by Crippen LogP contribution is 2.44. The number of rotatable bonds is 4. The Morgan fingerprint density at radius 1 is 1.33 bits per heavy atom. The molecule has 2 heterocycles. The number of nitriles is 1. The van der Waals surface area contributed by atoms with Crippen LogP contribution in [0.1, 0.15) is 69.0 Å². The molecule has 4 heteroatoms. The zero-order valence-electron chi connectivity index (χ0n) is 18.6. The van der Waals surface area contributed by atoms with Crippen LogP contribution < -0.4 is 4.90 Å². The molecule has 1 aliphatic rings. The van der Waals surface area contributed by atoms with Crippen LogP contribution in [0.5, 0.6) is 0 Å². The molecule has 4 rings (SSSR count). The molecule has 4 nitrogen and oxygen atoms in total. The van der Waals surface area contributed by atoms with Crippen molar-refractivity contribution in [2.24, 2.45) is 0 Å². The van der Waals surface area contributed by atoms with Crippen molar-refractivity contribution in [1.82, 2.24) is 9.97 Å². The number of nitrogens with one attached hydrogen (secondary N) is 1. The van der Waals surface area contributed by atoms with Gasteiger partial charge in [0.2, 0.25) is 0 Å². The van der Waals surface area contributed by atoms with Gasteiger partial charge in [-0.3, -0.25) is 0 Å². The number of allylic oxidation sites excluding steroid dienone is 1. The Hall–Kier alpha value is -3.06. The van der Waals surface area contributed by atoms with Crippen LogP contribution in [0.15, 0.2) is 36.4 Å². The van der Waals surface area contributed by atoms with Crippen molar-refractivity contribution in [2.45, 2.75) is 58.9 Å². The summed E-state index contributed by atoms with van der Waals surface area (Å²) in [4.78, 5) is 10.5. The number of aromatic amines is 1. The van der Waals surface area contributed by atoms with Crippen molar-refractivity contribution in [3.05, 3.63) is 58.9 Å². The zero-order chi connectivity index (χ0) is 21.5. The number of aryl methyl sites for hydroxylation is 1. The maximum Gasteiger partial charge on any atom is 0.149 e. The van der Waals surface area contributed by atoms with Crippen molar-refractivity contribution in [3.63, 3.8) is 0 Å². The standard InChI is InChI=1S/C26H30N4/c1-6-11-30-24-12-17(2)19(14-21(24)18(3)15-26(30,4)5)13-20(16-27)25-28-22-9-7-8-10-23(22)29-25/h7-10,12-14,18H,6,11,15H2,1-5H3,(H,28,29)/b20-13+. The third kappa shape index (κ3) is 3.50. The maximum atomic E-state index is 9.84. The number of fused-ring (bicyclic) bond motifs is 2. The Kier molecular flexibility index (Phi) is 5.15. The number of para-hydroxylation sites is 2. The number of anilines is 1. The molecular weight excluding hydrogens is 368 g/mol. The second-order valence-electron chi connectivity index (χ2n) is 9.11. The lowest BCUT2D eigenvalue weighted by Gasteiger charge is -2.48. The fourth-order valence-corrected chi connectivity index (χ4v) is 4.84. The Balaban J connectivity index is 1.80. The number of nitrogens with zero attached hydrogens (tertiary/aromatic N) is 3. The van der Waals surface area contributed by atoms with Crippen LogP contribution in [0.4, 0.5) is 5.69 Å². The van der Waals surface area contributed by atoms with E-state index in [0.717, 1.165) is 36.0 Å². The van der Waals surface area contributed by atoms with Gasteiger partial charge in [-0.05, 0) is 86.6 Å². The molecule has 154 valence electrons. The van der Waals surface area contributed by atoms with E-state index in [1.807, 2.05) is 30.3 Å². The lowest BCUT2D eigenvalue weighted by atomic mass is 9.78. The summed E-state index contributed by atoms with van der Waals surface area (Å²) in [5, 5.41) is 9.84. The first-order chi connectivity index (χ1) is 14.3. The number of aromatic nitrogens is 2. The predicted molar refractivity (Wildman–Crippen MR) is 126 cm³/mol. The number of hydrogen-bond acceptors (Lipinski definition) is 3. The van der Waals surface area contributed by atoms with Gasteiger partial charge in [-0.25, -0.2) is 4.98 Å². The van der Waals surface area contributed by atoms with Gasteiger partial charge in [-0.1, -0.05) is 26.0 Å². The molecule has 1 N–H and O–H groups in total. The third-order valence-electron chi connectivity index (χ3n) is 6.29. The van der Waals surface area contributed by atoms with Gasteiger partial charge in [0.25, 0.3) is 0 Å². The number of H-pyrrole nitrogens is 1. The highest BCUT2D eigenvalue weighted by molar-refractivity contribution is 5.91.